The van der Waals surface area contributed by atoms with Crippen molar-refractivity contribution in [1.82, 2.24) is 24.8 Å². The molecule has 3 heterocycles. The largest absolute Gasteiger partial charge is 0.497 e. The van der Waals surface area contributed by atoms with Crippen LogP contribution in [-0.4, -0.2) is 32.7 Å². The van der Waals surface area contributed by atoms with E-state index in [1.165, 1.54) is 0 Å². The third-order valence-corrected chi connectivity index (χ3v) is 5.49. The molecule has 3 aromatic heterocycles. The summed E-state index contributed by atoms with van der Waals surface area (Å²) < 4.78 is 7.09. The number of carbonyl (C=O) groups excluding carboxylic acids is 1. The van der Waals surface area contributed by atoms with Crippen LogP contribution >= 0.6 is 0 Å². The van der Waals surface area contributed by atoms with Crippen LogP contribution in [0, 0.1) is 0 Å². The summed E-state index contributed by atoms with van der Waals surface area (Å²) in [6.45, 7) is 0.369. The van der Waals surface area contributed by atoms with Crippen molar-refractivity contribution in [2.75, 3.05) is 18.2 Å². The molecule has 5 rings (SSSR count). The number of fused-ring (bicyclic) bond motifs is 1. The Hall–Kier alpha value is -4.92. The minimum absolute atomic E-state index is 0.293. The number of ether oxygens (including phenoxy) is 1. The molecule has 0 spiro atoms. The Morgan fingerprint density at radius 1 is 0.971 bits per heavy atom. The van der Waals surface area contributed by atoms with E-state index in [-0.39, 0.29) is 6.03 Å². The zero-order chi connectivity index (χ0) is 24.2. The maximum Gasteiger partial charge on any atom is 0.319 e. The molecule has 0 unspecified atom stereocenters. The fourth-order valence-corrected chi connectivity index (χ4v) is 3.74. The highest BCUT2D eigenvalue weighted by atomic mass is 16.5. The second-order valence-electron chi connectivity index (χ2n) is 7.76. The molecule has 9 heteroatoms. The van der Waals surface area contributed by atoms with Gasteiger partial charge in [-0.15, -0.1) is 0 Å². The van der Waals surface area contributed by atoms with Gasteiger partial charge in [-0.2, -0.15) is 0 Å². The zero-order valence-corrected chi connectivity index (χ0v) is 19.0. The normalized spacial score (nSPS) is 10.8. The second kappa shape index (κ2) is 9.52. The summed E-state index contributed by atoms with van der Waals surface area (Å²) >= 11 is 0. The minimum atomic E-state index is -0.293. The van der Waals surface area contributed by atoms with E-state index < -0.39 is 0 Å². The molecule has 2 aromatic carbocycles. The van der Waals surface area contributed by atoms with Gasteiger partial charge >= 0.3 is 6.03 Å². The maximum absolute atomic E-state index is 12.3. The van der Waals surface area contributed by atoms with Crippen LogP contribution < -0.4 is 21.1 Å². The van der Waals surface area contributed by atoms with E-state index in [0.29, 0.717) is 23.9 Å². The Morgan fingerprint density at radius 2 is 1.71 bits per heavy atom. The van der Waals surface area contributed by atoms with Gasteiger partial charge in [0.1, 0.15) is 17.1 Å². The minimum Gasteiger partial charge on any atom is -0.497 e. The summed E-state index contributed by atoms with van der Waals surface area (Å²) in [7, 11) is 1.60. The number of carbonyl (C=O) groups is 1. The predicted molar refractivity (Wildman–Crippen MR) is 135 cm³/mol. The van der Waals surface area contributed by atoms with E-state index in [4.69, 9.17) is 15.5 Å². The number of nitrogens with one attached hydrogen (secondary N) is 2. The third-order valence-electron chi connectivity index (χ3n) is 5.49. The molecule has 0 aliphatic carbocycles. The number of urea groups is 1. The van der Waals surface area contributed by atoms with Crippen LogP contribution in [0.4, 0.5) is 16.3 Å². The Bertz CT molecular complexity index is 1480. The fourth-order valence-electron chi connectivity index (χ4n) is 3.74. The van der Waals surface area contributed by atoms with Crippen LogP contribution in [0.25, 0.3) is 28.2 Å². The number of imidazole rings is 1. The number of hydrogen-bond acceptors (Lipinski definition) is 6. The molecule has 0 aliphatic heterocycles. The lowest BCUT2D eigenvalue weighted by molar-refractivity contribution is 0.251. The molecular formula is C26H23N7O2. The van der Waals surface area contributed by atoms with Crippen molar-refractivity contribution < 1.29 is 9.53 Å². The van der Waals surface area contributed by atoms with Crippen molar-refractivity contribution in [3.63, 3.8) is 0 Å². The number of aromatic nitrogens is 4. The summed E-state index contributed by atoms with van der Waals surface area (Å²) in [5.41, 5.74) is 10.8. The predicted octanol–water partition coefficient (Wildman–Crippen LogP) is 4.40. The van der Waals surface area contributed by atoms with E-state index in [2.05, 4.69) is 20.6 Å². The summed E-state index contributed by atoms with van der Waals surface area (Å²) in [4.78, 5) is 25.8. The number of anilines is 2. The topological polar surface area (TPSA) is 120 Å². The summed E-state index contributed by atoms with van der Waals surface area (Å²) in [6, 6.07) is 22.2. The highest BCUT2D eigenvalue weighted by Crippen LogP contribution is 2.30. The number of methoxy groups -OCH3 is 1. The first kappa shape index (κ1) is 21.9. The SMILES string of the molecule is COc1ccc(NC(=O)NCc2ccc(-n3c(-c4cccnc4N)nc4cccnc43)cc2)cc1. The van der Waals surface area contributed by atoms with Gasteiger partial charge in [0.15, 0.2) is 11.5 Å². The number of hydrogen-bond donors (Lipinski definition) is 3. The van der Waals surface area contributed by atoms with Gasteiger partial charge < -0.3 is 21.1 Å². The number of benzene rings is 2. The molecule has 4 N–H and O–H groups in total. The number of rotatable bonds is 6. The van der Waals surface area contributed by atoms with Crippen LogP contribution in [0.1, 0.15) is 5.56 Å². The Kier molecular flexibility index (Phi) is 5.96. The number of nitrogen functional groups attached to an aromatic ring is 1. The van der Waals surface area contributed by atoms with E-state index in [1.807, 2.05) is 53.1 Å². The second-order valence-corrected chi connectivity index (χ2v) is 7.76. The molecule has 0 saturated carbocycles. The van der Waals surface area contributed by atoms with Crippen molar-refractivity contribution in [3.05, 3.63) is 90.8 Å². The monoisotopic (exact) mass is 465 g/mol. The first-order valence-electron chi connectivity index (χ1n) is 10.9. The fraction of sp³-hybridized carbons (Fsp3) is 0.0769. The van der Waals surface area contributed by atoms with Crippen LogP contribution in [0.15, 0.2) is 85.2 Å². The molecule has 0 fully saturated rings. The summed E-state index contributed by atoms with van der Waals surface area (Å²) in [5, 5.41) is 5.67. The Labute approximate surface area is 201 Å². The summed E-state index contributed by atoms with van der Waals surface area (Å²) in [6.07, 6.45) is 3.38. The molecule has 174 valence electrons. The quantitative estimate of drug-likeness (QED) is 0.342. The van der Waals surface area contributed by atoms with Crippen LogP contribution in [-0.2, 0) is 6.54 Å². The number of pyridine rings is 2. The van der Waals surface area contributed by atoms with E-state index >= 15 is 0 Å². The van der Waals surface area contributed by atoms with Crippen LogP contribution in [0.2, 0.25) is 0 Å². The highest BCUT2D eigenvalue weighted by Gasteiger charge is 2.17. The molecule has 35 heavy (non-hydrogen) atoms. The maximum atomic E-state index is 12.3. The number of nitrogens with zero attached hydrogens (tertiary/aromatic N) is 4. The van der Waals surface area contributed by atoms with E-state index in [9.17, 15) is 4.79 Å². The van der Waals surface area contributed by atoms with Gasteiger partial charge in [-0.25, -0.2) is 19.7 Å². The Balaban J connectivity index is 1.35. The average molecular weight is 466 g/mol. The van der Waals surface area contributed by atoms with Gasteiger partial charge in [-0.1, -0.05) is 12.1 Å². The molecule has 0 saturated heterocycles. The van der Waals surface area contributed by atoms with Gasteiger partial charge in [0.25, 0.3) is 0 Å². The van der Waals surface area contributed by atoms with Crippen molar-refractivity contribution in [2.24, 2.45) is 0 Å². The van der Waals surface area contributed by atoms with Crippen molar-refractivity contribution in [3.8, 4) is 22.8 Å². The van der Waals surface area contributed by atoms with Gasteiger partial charge in [0, 0.05) is 30.3 Å². The molecule has 0 radical (unpaired) electrons. The molecule has 0 aliphatic rings. The zero-order valence-electron chi connectivity index (χ0n) is 19.0. The molecule has 9 nitrogen and oxygen atoms in total. The summed E-state index contributed by atoms with van der Waals surface area (Å²) in [5.74, 6) is 1.79. The Morgan fingerprint density at radius 3 is 2.46 bits per heavy atom. The smallest absolute Gasteiger partial charge is 0.319 e. The molecular weight excluding hydrogens is 442 g/mol. The van der Waals surface area contributed by atoms with Gasteiger partial charge in [-0.3, -0.25) is 4.57 Å². The molecule has 2 amide bonds. The first-order valence-corrected chi connectivity index (χ1v) is 10.9. The lowest BCUT2D eigenvalue weighted by Gasteiger charge is -2.12. The van der Waals surface area contributed by atoms with Gasteiger partial charge in [-0.05, 0) is 66.2 Å². The standard InChI is InChI=1S/C26H23N7O2/c1-35-20-12-8-18(9-13-20)31-26(34)30-16-17-6-10-19(11-7-17)33-24(21-4-2-14-28-23(21)27)32-22-5-3-15-29-25(22)33/h2-15H,16H2,1H3,(H2,27,28)(H2,30,31,34). The average Bonchev–Trinajstić information content (AvgIpc) is 3.28. The lowest BCUT2D eigenvalue weighted by atomic mass is 10.2. The third kappa shape index (κ3) is 4.60. The molecule has 5 aromatic rings. The van der Waals surface area contributed by atoms with Gasteiger partial charge in [0.05, 0.1) is 12.7 Å². The van der Waals surface area contributed by atoms with Crippen molar-refractivity contribution in [1.29, 1.82) is 0 Å². The highest BCUT2D eigenvalue weighted by molar-refractivity contribution is 5.89. The van der Waals surface area contributed by atoms with Crippen LogP contribution in [0.5, 0.6) is 5.75 Å². The van der Waals surface area contributed by atoms with Crippen molar-refractivity contribution in [2.45, 2.75) is 6.54 Å². The van der Waals surface area contributed by atoms with Crippen LogP contribution in [0.3, 0.4) is 0 Å². The number of nitrogens with two attached hydrogens (primary N) is 1. The molecule has 0 atom stereocenters. The number of amides is 2. The molecule has 0 bridgehead atoms. The van der Waals surface area contributed by atoms with E-state index in [0.717, 1.165) is 33.7 Å². The lowest BCUT2D eigenvalue weighted by Crippen LogP contribution is -2.28. The van der Waals surface area contributed by atoms with Gasteiger partial charge in [0.2, 0.25) is 0 Å². The first-order chi connectivity index (χ1) is 17.1. The van der Waals surface area contributed by atoms with Crippen molar-refractivity contribution >= 4 is 28.7 Å². The van der Waals surface area contributed by atoms with E-state index in [1.54, 1.807) is 43.8 Å².